The second-order valence-corrected chi connectivity index (χ2v) is 7.78. The van der Waals surface area contributed by atoms with E-state index in [0.717, 1.165) is 0 Å². The van der Waals surface area contributed by atoms with Crippen LogP contribution in [-0.4, -0.2) is 43.0 Å². The normalized spacial score (nSPS) is 12.6. The summed E-state index contributed by atoms with van der Waals surface area (Å²) >= 11 is 6.10. The fraction of sp³-hybridized carbons (Fsp3) is 0.316. The summed E-state index contributed by atoms with van der Waals surface area (Å²) in [6.07, 6.45) is 1.55. The van der Waals surface area contributed by atoms with Gasteiger partial charge < -0.3 is 15.8 Å². The number of ether oxygens (including phenoxy) is 1. The maximum Gasteiger partial charge on any atom is 0.328 e. The number of hydrogen-bond acceptors (Lipinski definition) is 7. The van der Waals surface area contributed by atoms with Gasteiger partial charge in [0, 0.05) is 11.3 Å². The second-order valence-electron chi connectivity index (χ2n) is 7.44. The quantitative estimate of drug-likeness (QED) is 0.483. The van der Waals surface area contributed by atoms with Crippen molar-refractivity contribution in [3.05, 3.63) is 41.4 Å². The molecule has 0 spiro atoms. The number of rotatable bonds is 5. The van der Waals surface area contributed by atoms with Gasteiger partial charge in [0.1, 0.15) is 18.0 Å². The first kappa shape index (κ1) is 20.5. The first-order chi connectivity index (χ1) is 13.5. The number of anilines is 1. The standard InChI is InChI=1S/C19H21ClN6O3/c1-10(17(28)29-19(2,3)4)23-15-13-16(25-18(20)24-15)26(9-22-13)12-7-5-11(6-8-12)14(21)27/h5-10H,1-4H3,(H2,21,27)(H,23,24,25). The third kappa shape index (κ3) is 4.62. The van der Waals surface area contributed by atoms with Crippen molar-refractivity contribution in [3.8, 4) is 5.69 Å². The topological polar surface area (TPSA) is 125 Å². The van der Waals surface area contributed by atoms with Gasteiger partial charge in [0.05, 0.1) is 0 Å². The lowest BCUT2D eigenvalue weighted by Gasteiger charge is -2.23. The number of nitrogens with zero attached hydrogens (tertiary/aromatic N) is 4. The van der Waals surface area contributed by atoms with Gasteiger partial charge in [0.25, 0.3) is 0 Å². The SMILES string of the molecule is CC(Nc1nc(Cl)nc2c1ncn2-c1ccc(C(N)=O)cc1)C(=O)OC(C)(C)C. The van der Waals surface area contributed by atoms with Crippen molar-refractivity contribution in [1.29, 1.82) is 0 Å². The summed E-state index contributed by atoms with van der Waals surface area (Å²) in [5.41, 5.74) is 6.64. The molecule has 3 rings (SSSR count). The Morgan fingerprint density at radius 3 is 2.45 bits per heavy atom. The number of benzene rings is 1. The third-order valence-corrected chi connectivity index (χ3v) is 4.08. The highest BCUT2D eigenvalue weighted by atomic mass is 35.5. The Balaban J connectivity index is 1.95. The fourth-order valence-electron chi connectivity index (χ4n) is 2.60. The van der Waals surface area contributed by atoms with Crippen LogP contribution in [0.2, 0.25) is 5.28 Å². The summed E-state index contributed by atoms with van der Waals surface area (Å²) in [7, 11) is 0. The predicted molar refractivity (Wildman–Crippen MR) is 109 cm³/mol. The van der Waals surface area contributed by atoms with Gasteiger partial charge in [-0.05, 0) is 63.6 Å². The van der Waals surface area contributed by atoms with Gasteiger partial charge in [-0.3, -0.25) is 9.36 Å². The van der Waals surface area contributed by atoms with Gasteiger partial charge in [-0.15, -0.1) is 0 Å². The van der Waals surface area contributed by atoms with E-state index in [2.05, 4.69) is 20.3 Å². The third-order valence-electron chi connectivity index (χ3n) is 3.91. The molecule has 29 heavy (non-hydrogen) atoms. The summed E-state index contributed by atoms with van der Waals surface area (Å²) in [4.78, 5) is 36.3. The number of nitrogens with two attached hydrogens (primary N) is 1. The van der Waals surface area contributed by atoms with Crippen LogP contribution in [-0.2, 0) is 9.53 Å². The average Bonchev–Trinajstić information content (AvgIpc) is 3.04. The number of imidazole rings is 1. The molecule has 0 aliphatic carbocycles. The Kier molecular flexibility index (Phi) is 5.43. The number of fused-ring (bicyclic) bond motifs is 1. The van der Waals surface area contributed by atoms with Gasteiger partial charge in [0.15, 0.2) is 17.0 Å². The number of nitrogens with one attached hydrogen (secondary N) is 1. The smallest absolute Gasteiger partial charge is 0.328 e. The van der Waals surface area contributed by atoms with Crippen LogP contribution in [0.1, 0.15) is 38.1 Å². The van der Waals surface area contributed by atoms with E-state index in [0.29, 0.717) is 28.2 Å². The molecule has 2 heterocycles. The van der Waals surface area contributed by atoms with Crippen molar-refractivity contribution in [1.82, 2.24) is 19.5 Å². The number of aromatic nitrogens is 4. The van der Waals surface area contributed by atoms with E-state index < -0.39 is 23.5 Å². The van der Waals surface area contributed by atoms with E-state index in [-0.39, 0.29) is 5.28 Å². The molecule has 10 heteroatoms. The molecule has 3 N–H and O–H groups in total. The Bertz CT molecular complexity index is 1070. The Morgan fingerprint density at radius 1 is 1.21 bits per heavy atom. The lowest BCUT2D eigenvalue weighted by atomic mass is 10.2. The molecule has 2 aromatic heterocycles. The number of amides is 1. The summed E-state index contributed by atoms with van der Waals surface area (Å²) < 4.78 is 7.07. The highest BCUT2D eigenvalue weighted by molar-refractivity contribution is 6.28. The number of hydrogen-bond donors (Lipinski definition) is 2. The first-order valence-corrected chi connectivity index (χ1v) is 9.23. The van der Waals surface area contributed by atoms with Crippen LogP contribution in [0.25, 0.3) is 16.9 Å². The average molecular weight is 417 g/mol. The van der Waals surface area contributed by atoms with E-state index in [4.69, 9.17) is 22.1 Å². The number of halogens is 1. The van der Waals surface area contributed by atoms with Crippen molar-refractivity contribution in [2.75, 3.05) is 5.32 Å². The molecule has 1 unspecified atom stereocenters. The Labute approximate surface area is 172 Å². The van der Waals surface area contributed by atoms with Crippen LogP contribution in [0.3, 0.4) is 0 Å². The summed E-state index contributed by atoms with van der Waals surface area (Å²) in [5.74, 6) is -0.632. The first-order valence-electron chi connectivity index (χ1n) is 8.85. The van der Waals surface area contributed by atoms with Crippen LogP contribution in [0.15, 0.2) is 30.6 Å². The summed E-state index contributed by atoms with van der Waals surface area (Å²) in [6.45, 7) is 7.04. The molecule has 0 aliphatic rings. The molecule has 0 aliphatic heterocycles. The van der Waals surface area contributed by atoms with Crippen molar-refractivity contribution in [2.45, 2.75) is 39.3 Å². The van der Waals surface area contributed by atoms with Gasteiger partial charge in [-0.1, -0.05) is 0 Å². The lowest BCUT2D eigenvalue weighted by Crippen LogP contribution is -2.34. The fourth-order valence-corrected chi connectivity index (χ4v) is 2.77. The summed E-state index contributed by atoms with van der Waals surface area (Å²) in [5, 5.41) is 2.98. The zero-order chi connectivity index (χ0) is 21.3. The molecule has 0 bridgehead atoms. The zero-order valence-electron chi connectivity index (χ0n) is 16.4. The predicted octanol–water partition coefficient (Wildman–Crippen LogP) is 2.71. The Hall–Kier alpha value is -3.20. The highest BCUT2D eigenvalue weighted by Crippen LogP contribution is 2.24. The maximum atomic E-state index is 12.3. The lowest BCUT2D eigenvalue weighted by molar-refractivity contribution is -0.155. The summed E-state index contributed by atoms with van der Waals surface area (Å²) in [6, 6.07) is 5.97. The van der Waals surface area contributed by atoms with Crippen molar-refractivity contribution in [3.63, 3.8) is 0 Å². The van der Waals surface area contributed by atoms with Crippen LogP contribution >= 0.6 is 11.6 Å². The van der Waals surface area contributed by atoms with Crippen molar-refractivity contribution in [2.24, 2.45) is 5.73 Å². The largest absolute Gasteiger partial charge is 0.458 e. The monoisotopic (exact) mass is 416 g/mol. The molecular weight excluding hydrogens is 396 g/mol. The van der Waals surface area contributed by atoms with Gasteiger partial charge in [-0.2, -0.15) is 9.97 Å². The van der Waals surface area contributed by atoms with Crippen LogP contribution in [0, 0.1) is 0 Å². The van der Waals surface area contributed by atoms with Crippen molar-refractivity contribution < 1.29 is 14.3 Å². The molecule has 3 aromatic rings. The maximum absolute atomic E-state index is 12.3. The van der Waals surface area contributed by atoms with Crippen LogP contribution in [0.5, 0.6) is 0 Å². The molecule has 0 radical (unpaired) electrons. The minimum atomic E-state index is -0.677. The number of carbonyl (C=O) groups is 2. The van der Waals surface area contributed by atoms with Gasteiger partial charge >= 0.3 is 5.97 Å². The highest BCUT2D eigenvalue weighted by Gasteiger charge is 2.23. The molecule has 152 valence electrons. The molecular formula is C19H21ClN6O3. The van der Waals surface area contributed by atoms with E-state index in [9.17, 15) is 9.59 Å². The van der Waals surface area contributed by atoms with Gasteiger partial charge in [-0.25, -0.2) is 9.78 Å². The number of carbonyl (C=O) groups excluding carboxylic acids is 2. The number of primary amides is 1. The number of esters is 1. The van der Waals surface area contributed by atoms with E-state index in [1.165, 1.54) is 0 Å². The molecule has 1 amide bonds. The molecule has 1 atom stereocenters. The Morgan fingerprint density at radius 2 is 1.86 bits per heavy atom. The molecule has 1 aromatic carbocycles. The zero-order valence-corrected chi connectivity index (χ0v) is 17.2. The second kappa shape index (κ2) is 7.67. The minimum absolute atomic E-state index is 0.00750. The van der Waals surface area contributed by atoms with E-state index in [1.807, 2.05) is 0 Å². The van der Waals surface area contributed by atoms with E-state index >= 15 is 0 Å². The molecule has 0 fully saturated rings. The molecule has 9 nitrogen and oxygen atoms in total. The van der Waals surface area contributed by atoms with Crippen molar-refractivity contribution >= 4 is 40.5 Å². The van der Waals surface area contributed by atoms with Crippen LogP contribution in [0.4, 0.5) is 5.82 Å². The van der Waals surface area contributed by atoms with Gasteiger partial charge in [0.2, 0.25) is 11.2 Å². The van der Waals surface area contributed by atoms with E-state index in [1.54, 1.807) is 62.9 Å². The minimum Gasteiger partial charge on any atom is -0.458 e. The molecule has 0 saturated carbocycles. The van der Waals surface area contributed by atoms with Crippen LogP contribution < -0.4 is 11.1 Å². The molecule has 0 saturated heterocycles.